The Hall–Kier alpha value is -3.08. The van der Waals surface area contributed by atoms with E-state index in [1.54, 1.807) is 48.5 Å². The molecule has 1 aliphatic carbocycles. The molecular formula is C18H13NO4. The molecule has 0 atom stereocenters. The number of esters is 1. The molecule has 5 heteroatoms. The van der Waals surface area contributed by atoms with E-state index in [1.807, 2.05) is 0 Å². The van der Waals surface area contributed by atoms with E-state index in [9.17, 15) is 14.4 Å². The molecular weight excluding hydrogens is 294 g/mol. The Morgan fingerprint density at radius 1 is 1.00 bits per heavy atom. The fourth-order valence-electron chi connectivity index (χ4n) is 2.51. The summed E-state index contributed by atoms with van der Waals surface area (Å²) < 4.78 is 4.74. The third-order valence-electron chi connectivity index (χ3n) is 3.63. The maximum Gasteiger partial charge on any atom is 0.340 e. The first-order valence-corrected chi connectivity index (χ1v) is 7.03. The lowest BCUT2D eigenvalue weighted by atomic mass is 9.88. The molecule has 0 heterocycles. The molecule has 5 nitrogen and oxygen atoms in total. The van der Waals surface area contributed by atoms with E-state index in [0.717, 1.165) is 0 Å². The van der Waals surface area contributed by atoms with E-state index in [1.165, 1.54) is 7.11 Å². The zero-order valence-electron chi connectivity index (χ0n) is 12.4. The van der Waals surface area contributed by atoms with Crippen molar-refractivity contribution in [3.05, 3.63) is 65.2 Å². The third kappa shape index (κ3) is 2.68. The van der Waals surface area contributed by atoms with Gasteiger partial charge in [0.25, 0.3) is 0 Å². The van der Waals surface area contributed by atoms with Crippen LogP contribution in [0.3, 0.4) is 0 Å². The molecule has 0 saturated carbocycles. The Kier molecular flexibility index (Phi) is 3.85. The number of aliphatic imine (C=N–C) groups is 1. The highest BCUT2D eigenvalue weighted by molar-refractivity contribution is 6.51. The number of benzene rings is 2. The van der Waals surface area contributed by atoms with Crippen LogP contribution in [0.15, 0.2) is 53.5 Å². The number of rotatable bonds is 2. The lowest BCUT2D eigenvalue weighted by Gasteiger charge is -2.16. The van der Waals surface area contributed by atoms with Crippen LogP contribution in [0.5, 0.6) is 0 Å². The summed E-state index contributed by atoms with van der Waals surface area (Å²) in [5.74, 6) is -1.50. The molecule has 2 aromatic carbocycles. The minimum atomic E-state index is -0.503. The first-order valence-electron chi connectivity index (χ1n) is 7.03. The van der Waals surface area contributed by atoms with Crippen LogP contribution in [-0.2, 0) is 9.53 Å². The summed E-state index contributed by atoms with van der Waals surface area (Å²) in [5.41, 5.74) is 2.16. The lowest BCUT2D eigenvalue weighted by Crippen LogP contribution is -2.27. The molecule has 23 heavy (non-hydrogen) atoms. The Morgan fingerprint density at radius 3 is 2.39 bits per heavy atom. The fraction of sp³-hybridized carbons (Fsp3) is 0.111. The van der Waals surface area contributed by atoms with E-state index in [0.29, 0.717) is 28.1 Å². The summed E-state index contributed by atoms with van der Waals surface area (Å²) in [6.07, 6.45) is -0.0780. The summed E-state index contributed by atoms with van der Waals surface area (Å²) in [7, 11) is 1.30. The second-order valence-corrected chi connectivity index (χ2v) is 5.04. The van der Waals surface area contributed by atoms with Gasteiger partial charge >= 0.3 is 5.97 Å². The normalized spacial score (nSPS) is 15.4. The number of hydrogen-bond acceptors (Lipinski definition) is 5. The van der Waals surface area contributed by atoms with Crippen molar-refractivity contribution in [2.45, 2.75) is 6.42 Å². The van der Waals surface area contributed by atoms with Crippen LogP contribution in [0.25, 0.3) is 0 Å². The van der Waals surface area contributed by atoms with Gasteiger partial charge < -0.3 is 4.74 Å². The van der Waals surface area contributed by atoms with Crippen molar-refractivity contribution in [2.24, 2.45) is 4.99 Å². The van der Waals surface area contributed by atoms with Gasteiger partial charge in [0.15, 0.2) is 0 Å². The van der Waals surface area contributed by atoms with Gasteiger partial charge in [0.2, 0.25) is 11.6 Å². The predicted octanol–water partition coefficient (Wildman–Crippen LogP) is 2.75. The average Bonchev–Trinajstić information content (AvgIpc) is 2.59. The number of carbonyl (C=O) groups excluding carboxylic acids is 3. The topological polar surface area (TPSA) is 72.8 Å². The highest BCUT2D eigenvalue weighted by atomic mass is 16.5. The smallest absolute Gasteiger partial charge is 0.340 e. The zero-order chi connectivity index (χ0) is 16.4. The fourth-order valence-corrected chi connectivity index (χ4v) is 2.51. The van der Waals surface area contributed by atoms with Gasteiger partial charge in [0.05, 0.1) is 30.5 Å². The van der Waals surface area contributed by atoms with Crippen molar-refractivity contribution >= 4 is 28.9 Å². The summed E-state index contributed by atoms with van der Waals surface area (Å²) in [6.45, 7) is 0. The lowest BCUT2D eigenvalue weighted by molar-refractivity contribution is -0.114. The average molecular weight is 307 g/mol. The molecule has 3 rings (SSSR count). The minimum Gasteiger partial charge on any atom is -0.465 e. The van der Waals surface area contributed by atoms with Gasteiger partial charge in [-0.2, -0.15) is 0 Å². The van der Waals surface area contributed by atoms with Crippen LogP contribution in [0.4, 0.5) is 5.69 Å². The molecule has 1 aliphatic rings. The van der Waals surface area contributed by atoms with Crippen molar-refractivity contribution in [2.75, 3.05) is 7.11 Å². The number of nitrogens with zero attached hydrogens (tertiary/aromatic N) is 1. The van der Waals surface area contributed by atoms with Crippen molar-refractivity contribution in [1.29, 1.82) is 0 Å². The highest BCUT2D eigenvalue weighted by Gasteiger charge is 2.29. The van der Waals surface area contributed by atoms with Crippen molar-refractivity contribution < 1.29 is 19.1 Å². The van der Waals surface area contributed by atoms with E-state index in [2.05, 4.69) is 4.99 Å². The molecule has 114 valence electrons. The van der Waals surface area contributed by atoms with E-state index >= 15 is 0 Å². The van der Waals surface area contributed by atoms with Gasteiger partial charge in [-0.25, -0.2) is 4.79 Å². The van der Waals surface area contributed by atoms with Crippen LogP contribution in [0.2, 0.25) is 0 Å². The number of ketones is 2. The number of fused-ring (bicyclic) bond motifs is 1. The first kappa shape index (κ1) is 14.8. The van der Waals surface area contributed by atoms with E-state index < -0.39 is 17.5 Å². The molecule has 0 radical (unpaired) electrons. The van der Waals surface area contributed by atoms with Gasteiger partial charge in [-0.1, -0.05) is 36.4 Å². The van der Waals surface area contributed by atoms with Crippen molar-refractivity contribution in [1.82, 2.24) is 0 Å². The maximum atomic E-state index is 12.0. The maximum absolute atomic E-state index is 12.0. The molecule has 2 aromatic rings. The van der Waals surface area contributed by atoms with Gasteiger partial charge in [-0.15, -0.1) is 0 Å². The van der Waals surface area contributed by atoms with Gasteiger partial charge in [0, 0.05) is 11.1 Å². The number of para-hydroxylation sites is 1. The van der Waals surface area contributed by atoms with Crippen LogP contribution in [0.1, 0.15) is 32.7 Å². The second-order valence-electron chi connectivity index (χ2n) is 5.04. The third-order valence-corrected chi connectivity index (χ3v) is 3.63. The summed E-state index contributed by atoms with van der Waals surface area (Å²) >= 11 is 0. The molecule has 0 saturated heterocycles. The van der Waals surface area contributed by atoms with Crippen molar-refractivity contribution in [3.8, 4) is 0 Å². The van der Waals surface area contributed by atoms with Gasteiger partial charge in [-0.05, 0) is 12.1 Å². The monoisotopic (exact) mass is 307 g/mol. The SMILES string of the molecule is COC(=O)c1ccccc1N=C1CC(=O)C(=O)c2ccccc21. The summed E-state index contributed by atoms with van der Waals surface area (Å²) in [5, 5.41) is 0. The Balaban J connectivity index is 2.15. The number of methoxy groups -OCH3 is 1. The molecule has 0 amide bonds. The number of ether oxygens (including phenoxy) is 1. The Morgan fingerprint density at radius 2 is 1.65 bits per heavy atom. The highest BCUT2D eigenvalue weighted by Crippen LogP contribution is 2.25. The second kappa shape index (κ2) is 5.96. The van der Waals surface area contributed by atoms with E-state index in [4.69, 9.17) is 4.74 Å². The molecule has 0 N–H and O–H groups in total. The largest absolute Gasteiger partial charge is 0.465 e. The van der Waals surface area contributed by atoms with Crippen molar-refractivity contribution in [3.63, 3.8) is 0 Å². The number of Topliss-reactive ketones (excluding diaryl/α,β-unsaturated/α-hetero) is 2. The molecule has 0 spiro atoms. The Labute approximate surface area is 132 Å². The van der Waals surface area contributed by atoms with Gasteiger partial charge in [-0.3, -0.25) is 14.6 Å². The molecule has 0 aromatic heterocycles. The first-order chi connectivity index (χ1) is 11.1. The van der Waals surface area contributed by atoms with Crippen LogP contribution >= 0.6 is 0 Å². The van der Waals surface area contributed by atoms with Crippen LogP contribution < -0.4 is 0 Å². The molecule has 0 aliphatic heterocycles. The quantitative estimate of drug-likeness (QED) is 0.631. The summed E-state index contributed by atoms with van der Waals surface area (Å²) in [4.78, 5) is 40.1. The molecule has 0 bridgehead atoms. The van der Waals surface area contributed by atoms with Crippen LogP contribution in [-0.4, -0.2) is 30.4 Å². The molecule has 0 fully saturated rings. The van der Waals surface area contributed by atoms with E-state index in [-0.39, 0.29) is 6.42 Å². The Bertz CT molecular complexity index is 852. The molecule has 0 unspecified atom stereocenters. The standard InChI is InChI=1S/C18H13NO4/c1-23-18(22)13-8-4-5-9-14(13)19-15-10-16(20)17(21)12-7-3-2-6-11(12)15/h2-9H,10H2,1H3. The zero-order valence-corrected chi connectivity index (χ0v) is 12.4. The predicted molar refractivity (Wildman–Crippen MR) is 84.4 cm³/mol. The minimum absolute atomic E-state index is 0.0780. The summed E-state index contributed by atoms with van der Waals surface area (Å²) in [6, 6.07) is 13.6. The number of hydrogen-bond donors (Lipinski definition) is 0. The van der Waals surface area contributed by atoms with Gasteiger partial charge in [0.1, 0.15) is 0 Å². The van der Waals surface area contributed by atoms with Crippen LogP contribution in [0, 0.1) is 0 Å². The number of carbonyl (C=O) groups is 3.